The maximum atomic E-state index is 11.0. The predicted molar refractivity (Wildman–Crippen MR) is 76.3 cm³/mol. The van der Waals surface area contributed by atoms with E-state index in [1.54, 1.807) is 18.2 Å². The summed E-state index contributed by atoms with van der Waals surface area (Å²) < 4.78 is 0.559. The number of rotatable bonds is 5. The molecule has 0 saturated heterocycles. The van der Waals surface area contributed by atoms with Gasteiger partial charge in [0.15, 0.2) is 0 Å². The van der Waals surface area contributed by atoms with Gasteiger partial charge < -0.3 is 4.79 Å². The summed E-state index contributed by atoms with van der Waals surface area (Å²) in [5.41, 5.74) is 0.0341. The third-order valence-corrected chi connectivity index (χ3v) is 4.78. The highest BCUT2D eigenvalue weighted by atomic mass is 35.5. The van der Waals surface area contributed by atoms with Crippen LogP contribution in [0.2, 0.25) is 5.02 Å². The lowest BCUT2D eigenvalue weighted by Crippen LogP contribution is -1.86. The highest BCUT2D eigenvalue weighted by Gasteiger charge is 2.19. The van der Waals surface area contributed by atoms with E-state index in [-0.39, 0.29) is 12.1 Å². The minimum atomic E-state index is -0.433. The molecule has 4 nitrogen and oxygen atoms in total. The van der Waals surface area contributed by atoms with Gasteiger partial charge in [0, 0.05) is 27.3 Å². The van der Waals surface area contributed by atoms with Gasteiger partial charge in [-0.3, -0.25) is 10.1 Å². The molecule has 1 aromatic carbocycles. The van der Waals surface area contributed by atoms with Crippen molar-refractivity contribution < 1.29 is 9.72 Å². The Balaban J connectivity index is 2.32. The lowest BCUT2D eigenvalue weighted by molar-refractivity contribution is -0.387. The molecule has 0 bridgehead atoms. The number of nitro groups is 1. The molecule has 0 atom stereocenters. The van der Waals surface area contributed by atoms with Crippen LogP contribution >= 0.6 is 34.7 Å². The van der Waals surface area contributed by atoms with Gasteiger partial charge in [-0.15, -0.1) is 11.3 Å². The molecule has 0 saturated carbocycles. The Kier molecular flexibility index (Phi) is 4.57. The van der Waals surface area contributed by atoms with Crippen molar-refractivity contribution in [2.24, 2.45) is 0 Å². The second-order valence-corrected chi connectivity index (χ2v) is 6.49. The third-order valence-electron chi connectivity index (χ3n) is 2.22. The Bertz CT molecular complexity index is 627. The molecule has 1 aromatic heterocycles. The largest absolute Gasteiger partial charge is 0.303 e. The van der Waals surface area contributed by atoms with E-state index in [1.165, 1.54) is 29.2 Å². The van der Waals surface area contributed by atoms with E-state index in [1.807, 2.05) is 6.07 Å². The quantitative estimate of drug-likeness (QED) is 0.471. The fourth-order valence-corrected chi connectivity index (χ4v) is 4.05. The second kappa shape index (κ2) is 6.18. The third kappa shape index (κ3) is 3.56. The molecule has 0 spiro atoms. The minimum Gasteiger partial charge on any atom is -0.303 e. The lowest BCUT2D eigenvalue weighted by Gasteiger charge is -1.99. The average molecular weight is 314 g/mol. The molecular weight excluding hydrogens is 306 g/mol. The molecule has 2 rings (SSSR count). The molecule has 98 valence electrons. The van der Waals surface area contributed by atoms with Crippen molar-refractivity contribution in [1.29, 1.82) is 0 Å². The maximum Gasteiger partial charge on any atom is 0.294 e. The highest BCUT2D eigenvalue weighted by Crippen LogP contribution is 2.41. The van der Waals surface area contributed by atoms with Crippen LogP contribution in [0.25, 0.3) is 0 Å². The number of nitrogens with zero attached hydrogens (tertiary/aromatic N) is 1. The Morgan fingerprint density at radius 1 is 1.42 bits per heavy atom. The standard InChI is InChI=1S/C12H8ClNO3S2/c13-8-2-1-3-9(6-8)18-12-11(14(16)17)7-10(19-12)4-5-15/h1-3,5-7H,4H2. The summed E-state index contributed by atoms with van der Waals surface area (Å²) in [6.07, 6.45) is 0.936. The number of carbonyl (C=O) groups is 1. The van der Waals surface area contributed by atoms with Gasteiger partial charge >= 0.3 is 0 Å². The Labute approximate surface area is 122 Å². The van der Waals surface area contributed by atoms with Gasteiger partial charge in [0.2, 0.25) is 0 Å². The first-order valence-electron chi connectivity index (χ1n) is 5.24. The summed E-state index contributed by atoms with van der Waals surface area (Å²) in [5, 5.41) is 11.6. The van der Waals surface area contributed by atoms with Crippen LogP contribution in [-0.4, -0.2) is 11.2 Å². The number of carbonyl (C=O) groups excluding carboxylic acids is 1. The molecule has 0 aliphatic heterocycles. The SMILES string of the molecule is O=CCc1cc([N+](=O)[O-])c(Sc2cccc(Cl)c2)s1. The minimum absolute atomic E-state index is 0.0341. The molecule has 19 heavy (non-hydrogen) atoms. The monoisotopic (exact) mass is 313 g/mol. The summed E-state index contributed by atoms with van der Waals surface area (Å²) in [7, 11) is 0. The maximum absolute atomic E-state index is 11.0. The summed E-state index contributed by atoms with van der Waals surface area (Å²) in [6.45, 7) is 0. The van der Waals surface area contributed by atoms with Crippen molar-refractivity contribution in [2.75, 3.05) is 0 Å². The first-order valence-corrected chi connectivity index (χ1v) is 7.25. The van der Waals surface area contributed by atoms with E-state index < -0.39 is 4.92 Å². The van der Waals surface area contributed by atoms with Crippen LogP contribution in [0.15, 0.2) is 39.4 Å². The summed E-state index contributed by atoms with van der Waals surface area (Å²) in [6, 6.07) is 8.56. The van der Waals surface area contributed by atoms with Crippen molar-refractivity contribution >= 4 is 46.7 Å². The number of hydrogen-bond acceptors (Lipinski definition) is 5. The number of aldehydes is 1. The van der Waals surface area contributed by atoms with Crippen LogP contribution in [0.4, 0.5) is 5.69 Å². The van der Waals surface area contributed by atoms with Gasteiger partial charge in [0.25, 0.3) is 5.69 Å². The van der Waals surface area contributed by atoms with Crippen molar-refractivity contribution in [1.82, 2.24) is 0 Å². The van der Waals surface area contributed by atoms with E-state index >= 15 is 0 Å². The van der Waals surface area contributed by atoms with Crippen LogP contribution < -0.4 is 0 Å². The van der Waals surface area contributed by atoms with E-state index in [9.17, 15) is 14.9 Å². The summed E-state index contributed by atoms with van der Waals surface area (Å²) >= 11 is 8.42. The van der Waals surface area contributed by atoms with Crippen LogP contribution in [0.5, 0.6) is 0 Å². The zero-order chi connectivity index (χ0) is 13.8. The van der Waals surface area contributed by atoms with Crippen LogP contribution in [-0.2, 0) is 11.2 Å². The Morgan fingerprint density at radius 3 is 2.84 bits per heavy atom. The van der Waals surface area contributed by atoms with Crippen LogP contribution in [0.1, 0.15) is 4.88 Å². The fraction of sp³-hybridized carbons (Fsp3) is 0.0833. The van der Waals surface area contributed by atoms with E-state index in [0.29, 0.717) is 14.1 Å². The molecule has 0 aliphatic carbocycles. The van der Waals surface area contributed by atoms with E-state index in [2.05, 4.69) is 0 Å². The Hall–Kier alpha value is -1.37. The van der Waals surface area contributed by atoms with Crippen LogP contribution in [0.3, 0.4) is 0 Å². The van der Waals surface area contributed by atoms with Gasteiger partial charge in [0.1, 0.15) is 10.5 Å². The molecular formula is C12H8ClNO3S2. The molecule has 0 radical (unpaired) electrons. The summed E-state index contributed by atoms with van der Waals surface area (Å²) in [4.78, 5) is 22.5. The van der Waals surface area contributed by atoms with Crippen molar-refractivity contribution in [3.8, 4) is 0 Å². The van der Waals surface area contributed by atoms with E-state index in [4.69, 9.17) is 11.6 Å². The van der Waals surface area contributed by atoms with Gasteiger partial charge in [-0.25, -0.2) is 0 Å². The van der Waals surface area contributed by atoms with Gasteiger partial charge in [-0.1, -0.05) is 29.4 Å². The molecule has 0 unspecified atom stereocenters. The molecule has 7 heteroatoms. The number of halogens is 1. The fourth-order valence-electron chi connectivity index (χ4n) is 1.43. The van der Waals surface area contributed by atoms with Gasteiger partial charge in [-0.05, 0) is 18.2 Å². The lowest BCUT2D eigenvalue weighted by atomic mass is 10.3. The summed E-state index contributed by atoms with van der Waals surface area (Å²) in [5.74, 6) is 0. The van der Waals surface area contributed by atoms with Gasteiger partial charge in [0.05, 0.1) is 4.92 Å². The van der Waals surface area contributed by atoms with Crippen molar-refractivity contribution in [3.63, 3.8) is 0 Å². The second-order valence-electron chi connectivity index (χ2n) is 3.57. The molecule has 0 aliphatic rings. The predicted octanol–water partition coefficient (Wildman–Crippen LogP) is 4.20. The molecule has 0 N–H and O–H groups in total. The number of benzene rings is 1. The Morgan fingerprint density at radius 2 is 2.21 bits per heavy atom. The van der Waals surface area contributed by atoms with Crippen molar-refractivity contribution in [3.05, 3.63) is 50.3 Å². The highest BCUT2D eigenvalue weighted by molar-refractivity contribution is 8.01. The molecule has 0 fully saturated rings. The zero-order valence-electron chi connectivity index (χ0n) is 9.54. The first-order chi connectivity index (χ1) is 9.10. The van der Waals surface area contributed by atoms with Crippen molar-refractivity contribution in [2.45, 2.75) is 15.5 Å². The number of thiophene rings is 1. The van der Waals surface area contributed by atoms with E-state index in [0.717, 1.165) is 11.2 Å². The van der Waals surface area contributed by atoms with Gasteiger partial charge in [-0.2, -0.15) is 0 Å². The number of hydrogen-bond donors (Lipinski definition) is 0. The topological polar surface area (TPSA) is 60.2 Å². The zero-order valence-corrected chi connectivity index (χ0v) is 11.9. The molecule has 2 aromatic rings. The normalized spacial score (nSPS) is 10.4. The van der Waals surface area contributed by atoms with Crippen LogP contribution in [0, 0.1) is 10.1 Å². The average Bonchev–Trinajstić information content (AvgIpc) is 2.73. The smallest absolute Gasteiger partial charge is 0.294 e. The molecule has 1 heterocycles. The molecule has 0 amide bonds. The first kappa shape index (κ1) is 14.0.